The molecule has 1 aromatic rings. The molecule has 1 heterocycles. The van der Waals surface area contributed by atoms with E-state index in [1.807, 2.05) is 13.8 Å². The van der Waals surface area contributed by atoms with E-state index in [0.29, 0.717) is 5.82 Å². The van der Waals surface area contributed by atoms with Crippen molar-refractivity contribution in [2.75, 3.05) is 6.54 Å². The second-order valence-corrected chi connectivity index (χ2v) is 3.67. The van der Waals surface area contributed by atoms with Gasteiger partial charge in [0, 0.05) is 18.9 Å². The third-order valence-electron chi connectivity index (χ3n) is 1.91. The van der Waals surface area contributed by atoms with Crippen LogP contribution in [0.5, 0.6) is 0 Å². The van der Waals surface area contributed by atoms with E-state index in [2.05, 4.69) is 20.5 Å². The molecule has 0 aromatic carbocycles. The van der Waals surface area contributed by atoms with Gasteiger partial charge in [-0.15, -0.1) is 5.10 Å². The van der Waals surface area contributed by atoms with Crippen molar-refractivity contribution in [1.82, 2.24) is 20.5 Å². The number of carbonyl (C=O) groups is 2. The molecule has 0 atom stereocenters. The van der Waals surface area contributed by atoms with Gasteiger partial charge in [0.1, 0.15) is 5.82 Å². The standard InChI is InChI=1S/C9H15N5O2/c1-5(2)7-12-8(14-13-7)9(16)11-4-3-6(10)15/h5H,3-4H2,1-2H3,(H2,10,15)(H,11,16)(H,12,13,14). The summed E-state index contributed by atoms with van der Waals surface area (Å²) in [6, 6.07) is 0. The summed E-state index contributed by atoms with van der Waals surface area (Å²) in [6.07, 6.45) is 0.104. The fourth-order valence-electron chi connectivity index (χ4n) is 1.01. The van der Waals surface area contributed by atoms with Gasteiger partial charge >= 0.3 is 0 Å². The first-order valence-electron chi connectivity index (χ1n) is 4.99. The van der Waals surface area contributed by atoms with Crippen molar-refractivity contribution < 1.29 is 9.59 Å². The first-order chi connectivity index (χ1) is 7.50. The number of nitrogens with zero attached hydrogens (tertiary/aromatic N) is 2. The van der Waals surface area contributed by atoms with Crippen molar-refractivity contribution in [2.24, 2.45) is 5.73 Å². The second-order valence-electron chi connectivity index (χ2n) is 3.67. The van der Waals surface area contributed by atoms with E-state index in [4.69, 9.17) is 5.73 Å². The first-order valence-corrected chi connectivity index (χ1v) is 4.99. The number of aromatic amines is 1. The Hall–Kier alpha value is -1.92. The van der Waals surface area contributed by atoms with Gasteiger partial charge in [-0.3, -0.25) is 14.7 Å². The molecule has 0 radical (unpaired) electrons. The minimum Gasteiger partial charge on any atom is -0.370 e. The van der Waals surface area contributed by atoms with Crippen LogP contribution in [0.4, 0.5) is 0 Å². The van der Waals surface area contributed by atoms with E-state index in [1.54, 1.807) is 0 Å². The Kier molecular flexibility index (Phi) is 3.98. The van der Waals surface area contributed by atoms with Gasteiger partial charge in [-0.1, -0.05) is 13.8 Å². The minimum atomic E-state index is -0.460. The molecule has 7 heteroatoms. The van der Waals surface area contributed by atoms with E-state index in [0.717, 1.165) is 0 Å². The molecular weight excluding hydrogens is 210 g/mol. The normalized spacial score (nSPS) is 10.4. The van der Waals surface area contributed by atoms with Gasteiger partial charge in [0.25, 0.3) is 5.91 Å². The van der Waals surface area contributed by atoms with E-state index in [-0.39, 0.29) is 24.7 Å². The summed E-state index contributed by atoms with van der Waals surface area (Å²) in [5.74, 6) is 0.0375. The molecule has 0 aliphatic heterocycles. The smallest absolute Gasteiger partial charge is 0.290 e. The van der Waals surface area contributed by atoms with E-state index in [9.17, 15) is 9.59 Å². The lowest BCUT2D eigenvalue weighted by Gasteiger charge is -1.99. The van der Waals surface area contributed by atoms with Gasteiger partial charge in [-0.05, 0) is 0 Å². The Morgan fingerprint density at radius 3 is 2.69 bits per heavy atom. The fourth-order valence-corrected chi connectivity index (χ4v) is 1.01. The molecular formula is C9H15N5O2. The predicted octanol–water partition coefficient (Wildman–Crippen LogP) is -0.467. The van der Waals surface area contributed by atoms with Crippen LogP contribution in [0.2, 0.25) is 0 Å². The van der Waals surface area contributed by atoms with Crippen LogP contribution in [-0.2, 0) is 4.79 Å². The zero-order chi connectivity index (χ0) is 12.1. The van der Waals surface area contributed by atoms with Crippen molar-refractivity contribution in [3.05, 3.63) is 11.6 Å². The number of nitrogens with one attached hydrogen (secondary N) is 2. The van der Waals surface area contributed by atoms with Crippen molar-refractivity contribution >= 4 is 11.8 Å². The molecule has 0 unspecified atom stereocenters. The molecule has 88 valence electrons. The molecule has 0 aliphatic rings. The lowest BCUT2D eigenvalue weighted by atomic mass is 10.2. The molecule has 0 saturated carbocycles. The van der Waals surface area contributed by atoms with Gasteiger partial charge < -0.3 is 11.1 Å². The van der Waals surface area contributed by atoms with Crippen molar-refractivity contribution in [3.63, 3.8) is 0 Å². The number of hydrogen-bond donors (Lipinski definition) is 3. The van der Waals surface area contributed by atoms with Crippen LogP contribution in [0.1, 0.15) is 42.6 Å². The number of rotatable bonds is 5. The molecule has 4 N–H and O–H groups in total. The topological polar surface area (TPSA) is 114 Å². The highest BCUT2D eigenvalue weighted by Gasteiger charge is 2.13. The molecule has 0 fully saturated rings. The van der Waals surface area contributed by atoms with Crippen LogP contribution in [0.15, 0.2) is 0 Å². The van der Waals surface area contributed by atoms with Crippen LogP contribution in [0.3, 0.4) is 0 Å². The quantitative estimate of drug-likeness (QED) is 0.628. The van der Waals surface area contributed by atoms with Crippen LogP contribution >= 0.6 is 0 Å². The molecule has 16 heavy (non-hydrogen) atoms. The third-order valence-corrected chi connectivity index (χ3v) is 1.91. The number of hydrogen-bond acceptors (Lipinski definition) is 4. The summed E-state index contributed by atoms with van der Waals surface area (Å²) >= 11 is 0. The average molecular weight is 225 g/mol. The summed E-state index contributed by atoms with van der Waals surface area (Å²) in [6.45, 7) is 4.07. The Morgan fingerprint density at radius 1 is 1.50 bits per heavy atom. The van der Waals surface area contributed by atoms with Gasteiger partial charge in [0.05, 0.1) is 0 Å². The number of H-pyrrole nitrogens is 1. The average Bonchev–Trinajstić information content (AvgIpc) is 2.65. The second kappa shape index (κ2) is 5.24. The van der Waals surface area contributed by atoms with E-state index < -0.39 is 11.8 Å². The monoisotopic (exact) mass is 225 g/mol. The first kappa shape index (κ1) is 12.2. The Balaban J connectivity index is 2.49. The number of amides is 2. The number of carbonyl (C=O) groups excluding carboxylic acids is 2. The molecule has 0 spiro atoms. The Bertz CT molecular complexity index is 385. The number of primary amides is 1. The van der Waals surface area contributed by atoms with Crippen molar-refractivity contribution in [1.29, 1.82) is 0 Å². The summed E-state index contributed by atoms with van der Waals surface area (Å²) in [4.78, 5) is 25.9. The zero-order valence-corrected chi connectivity index (χ0v) is 9.28. The Morgan fingerprint density at radius 2 is 2.19 bits per heavy atom. The van der Waals surface area contributed by atoms with Crippen LogP contribution < -0.4 is 11.1 Å². The highest BCUT2D eigenvalue weighted by molar-refractivity contribution is 5.90. The fraction of sp³-hybridized carbons (Fsp3) is 0.556. The lowest BCUT2D eigenvalue weighted by molar-refractivity contribution is -0.117. The van der Waals surface area contributed by atoms with E-state index in [1.165, 1.54) is 0 Å². The van der Waals surface area contributed by atoms with Crippen LogP contribution in [0, 0.1) is 0 Å². The predicted molar refractivity (Wildman–Crippen MR) is 56.6 cm³/mol. The molecule has 2 amide bonds. The summed E-state index contributed by atoms with van der Waals surface area (Å²) in [5.41, 5.74) is 4.93. The molecule has 0 saturated heterocycles. The van der Waals surface area contributed by atoms with Gasteiger partial charge in [-0.25, -0.2) is 4.98 Å². The summed E-state index contributed by atoms with van der Waals surface area (Å²) in [5, 5.41) is 8.94. The lowest BCUT2D eigenvalue weighted by Crippen LogP contribution is -2.28. The molecule has 1 rings (SSSR count). The third kappa shape index (κ3) is 3.34. The van der Waals surface area contributed by atoms with Gasteiger partial charge in [0.2, 0.25) is 11.7 Å². The largest absolute Gasteiger partial charge is 0.370 e. The molecule has 7 nitrogen and oxygen atoms in total. The summed E-state index contributed by atoms with van der Waals surface area (Å²) in [7, 11) is 0. The Labute approximate surface area is 92.8 Å². The summed E-state index contributed by atoms with van der Waals surface area (Å²) < 4.78 is 0. The molecule has 0 bridgehead atoms. The van der Waals surface area contributed by atoms with Crippen molar-refractivity contribution in [3.8, 4) is 0 Å². The maximum Gasteiger partial charge on any atom is 0.290 e. The SMILES string of the molecule is CC(C)c1nc(C(=O)NCCC(N)=O)n[nH]1. The molecule has 0 aliphatic carbocycles. The van der Waals surface area contributed by atoms with Crippen molar-refractivity contribution in [2.45, 2.75) is 26.2 Å². The van der Waals surface area contributed by atoms with E-state index >= 15 is 0 Å². The van der Waals surface area contributed by atoms with Gasteiger partial charge in [0.15, 0.2) is 0 Å². The maximum atomic E-state index is 11.5. The van der Waals surface area contributed by atoms with Crippen LogP contribution in [-0.4, -0.2) is 33.5 Å². The highest BCUT2D eigenvalue weighted by Crippen LogP contribution is 2.07. The molecule has 1 aromatic heterocycles. The number of nitrogens with two attached hydrogens (primary N) is 1. The minimum absolute atomic E-state index is 0.0770. The number of aromatic nitrogens is 3. The van der Waals surface area contributed by atoms with Crippen LogP contribution in [0.25, 0.3) is 0 Å². The highest BCUT2D eigenvalue weighted by atomic mass is 16.2. The maximum absolute atomic E-state index is 11.5. The van der Waals surface area contributed by atoms with Gasteiger partial charge in [-0.2, -0.15) is 0 Å². The zero-order valence-electron chi connectivity index (χ0n) is 9.28.